The first-order valence-corrected chi connectivity index (χ1v) is 17.4. The Bertz CT molecular complexity index is 2800. The topological polar surface area (TPSA) is 51.8 Å². The molecule has 0 spiro atoms. The molecular formula is C45H27N3OS. The van der Waals surface area contributed by atoms with Crippen LogP contribution in [0.25, 0.3) is 98.5 Å². The van der Waals surface area contributed by atoms with E-state index in [1.54, 1.807) is 0 Å². The quantitative estimate of drug-likeness (QED) is 0.185. The largest absolute Gasteiger partial charge is 0.456 e. The minimum absolute atomic E-state index is 0.603. The van der Waals surface area contributed by atoms with Crippen LogP contribution in [0.15, 0.2) is 168 Å². The highest BCUT2D eigenvalue weighted by atomic mass is 32.1. The van der Waals surface area contributed by atoms with Crippen LogP contribution in [0.5, 0.6) is 0 Å². The first kappa shape index (κ1) is 28.6. The van der Waals surface area contributed by atoms with Gasteiger partial charge in [0, 0.05) is 47.6 Å². The lowest BCUT2D eigenvalue weighted by Gasteiger charge is -2.10. The molecule has 5 heteroatoms. The molecule has 0 saturated heterocycles. The van der Waals surface area contributed by atoms with Crippen LogP contribution < -0.4 is 0 Å². The van der Waals surface area contributed by atoms with E-state index in [9.17, 15) is 0 Å². The Morgan fingerprint density at radius 2 is 0.960 bits per heavy atom. The van der Waals surface area contributed by atoms with Crippen molar-refractivity contribution in [2.45, 2.75) is 0 Å². The summed E-state index contributed by atoms with van der Waals surface area (Å²) in [5, 5.41) is 4.73. The SMILES string of the molecule is c1ccc(-c2nc(-c3ccccc3)nc(-c3ccc4c(c3)oc3ccc(-c5ccc(-c6ccccc6)c6c5sc5ccccc56)cc34)n2)cc1. The molecule has 10 aromatic rings. The lowest BCUT2D eigenvalue weighted by Crippen LogP contribution is -2.00. The van der Waals surface area contributed by atoms with E-state index in [0.717, 1.165) is 44.2 Å². The maximum atomic E-state index is 6.48. The van der Waals surface area contributed by atoms with E-state index in [1.165, 1.54) is 36.9 Å². The lowest BCUT2D eigenvalue weighted by atomic mass is 9.94. The number of hydrogen-bond donors (Lipinski definition) is 0. The van der Waals surface area contributed by atoms with Crippen LogP contribution >= 0.6 is 11.3 Å². The van der Waals surface area contributed by atoms with E-state index in [1.807, 2.05) is 78.1 Å². The molecule has 10 rings (SSSR count). The molecule has 3 heterocycles. The number of fused-ring (bicyclic) bond motifs is 6. The molecular weight excluding hydrogens is 631 g/mol. The maximum absolute atomic E-state index is 6.48. The van der Waals surface area contributed by atoms with Gasteiger partial charge in [0.1, 0.15) is 11.2 Å². The zero-order valence-corrected chi connectivity index (χ0v) is 27.6. The highest BCUT2D eigenvalue weighted by Crippen LogP contribution is 2.45. The van der Waals surface area contributed by atoms with Crippen LogP contribution in [0.1, 0.15) is 0 Å². The van der Waals surface area contributed by atoms with Gasteiger partial charge < -0.3 is 4.42 Å². The molecule has 0 aliphatic carbocycles. The summed E-state index contributed by atoms with van der Waals surface area (Å²) < 4.78 is 9.06. The van der Waals surface area contributed by atoms with Gasteiger partial charge in [-0.25, -0.2) is 15.0 Å². The summed E-state index contributed by atoms with van der Waals surface area (Å²) in [6, 6.07) is 56.8. The Hall–Kier alpha value is -6.43. The zero-order chi connectivity index (χ0) is 33.0. The molecule has 0 atom stereocenters. The van der Waals surface area contributed by atoms with Crippen molar-refractivity contribution in [3.63, 3.8) is 0 Å². The number of benzene rings is 7. The molecule has 50 heavy (non-hydrogen) atoms. The fourth-order valence-electron chi connectivity index (χ4n) is 6.94. The van der Waals surface area contributed by atoms with Gasteiger partial charge in [-0.3, -0.25) is 0 Å². The summed E-state index contributed by atoms with van der Waals surface area (Å²) >= 11 is 1.86. The second-order valence-electron chi connectivity index (χ2n) is 12.4. The van der Waals surface area contributed by atoms with Gasteiger partial charge in [-0.2, -0.15) is 0 Å². The molecule has 0 aliphatic heterocycles. The summed E-state index contributed by atoms with van der Waals surface area (Å²) in [6.45, 7) is 0. The lowest BCUT2D eigenvalue weighted by molar-refractivity contribution is 0.669. The fourth-order valence-corrected chi connectivity index (χ4v) is 8.20. The Morgan fingerprint density at radius 1 is 0.380 bits per heavy atom. The summed E-state index contributed by atoms with van der Waals surface area (Å²) in [5.41, 5.74) is 9.27. The molecule has 3 aromatic heterocycles. The van der Waals surface area contributed by atoms with Crippen LogP contribution in [0.2, 0.25) is 0 Å². The Labute approximate surface area is 292 Å². The van der Waals surface area contributed by atoms with Crippen molar-refractivity contribution in [2.24, 2.45) is 0 Å². The number of nitrogens with zero attached hydrogens (tertiary/aromatic N) is 3. The molecule has 234 valence electrons. The molecule has 4 nitrogen and oxygen atoms in total. The average Bonchev–Trinajstić information content (AvgIpc) is 3.77. The predicted molar refractivity (Wildman–Crippen MR) is 207 cm³/mol. The molecule has 0 unspecified atom stereocenters. The summed E-state index contributed by atoms with van der Waals surface area (Å²) in [6.07, 6.45) is 0. The van der Waals surface area contributed by atoms with Crippen molar-refractivity contribution >= 4 is 53.4 Å². The van der Waals surface area contributed by atoms with Gasteiger partial charge in [0.25, 0.3) is 0 Å². The van der Waals surface area contributed by atoms with Crippen molar-refractivity contribution < 1.29 is 4.42 Å². The van der Waals surface area contributed by atoms with Gasteiger partial charge in [0.15, 0.2) is 17.5 Å². The van der Waals surface area contributed by atoms with E-state index in [-0.39, 0.29) is 0 Å². The molecule has 0 N–H and O–H groups in total. The van der Waals surface area contributed by atoms with E-state index in [0.29, 0.717) is 17.5 Å². The third-order valence-electron chi connectivity index (χ3n) is 9.35. The van der Waals surface area contributed by atoms with E-state index >= 15 is 0 Å². The minimum Gasteiger partial charge on any atom is -0.456 e. The second-order valence-corrected chi connectivity index (χ2v) is 13.4. The highest BCUT2D eigenvalue weighted by Gasteiger charge is 2.18. The standard InChI is InChI=1S/C45H27N3OS/c1-4-12-28(13-5-1)33-23-24-34(42-41(33)36-18-10-11-19-40(36)50-42)31-21-25-38-37(26-31)35-22-20-32(27-39(35)49-38)45-47-43(29-14-6-2-7-15-29)46-44(48-45)30-16-8-3-9-17-30/h1-27H. The monoisotopic (exact) mass is 657 g/mol. The molecule has 0 saturated carbocycles. The van der Waals surface area contributed by atoms with Crippen molar-refractivity contribution in [1.29, 1.82) is 0 Å². The zero-order valence-electron chi connectivity index (χ0n) is 26.7. The second kappa shape index (κ2) is 11.6. The number of hydrogen-bond acceptors (Lipinski definition) is 5. The first-order chi connectivity index (χ1) is 24.8. The third-order valence-corrected chi connectivity index (χ3v) is 10.6. The van der Waals surface area contributed by atoms with Crippen molar-refractivity contribution in [1.82, 2.24) is 15.0 Å². The van der Waals surface area contributed by atoms with E-state index in [2.05, 4.69) is 97.1 Å². The van der Waals surface area contributed by atoms with Crippen LogP contribution in [0.4, 0.5) is 0 Å². The van der Waals surface area contributed by atoms with Crippen LogP contribution in [0, 0.1) is 0 Å². The predicted octanol–water partition coefficient (Wildman–Crippen LogP) is 12.5. The Kier molecular flexibility index (Phi) is 6.64. The van der Waals surface area contributed by atoms with Gasteiger partial charge >= 0.3 is 0 Å². The molecule has 0 fully saturated rings. The van der Waals surface area contributed by atoms with Gasteiger partial charge in [0.05, 0.1) is 0 Å². The van der Waals surface area contributed by atoms with E-state index in [4.69, 9.17) is 19.4 Å². The maximum Gasteiger partial charge on any atom is 0.164 e. The van der Waals surface area contributed by atoms with Crippen molar-refractivity contribution in [3.8, 4) is 56.4 Å². The average molecular weight is 658 g/mol. The number of aromatic nitrogens is 3. The van der Waals surface area contributed by atoms with Crippen LogP contribution in [-0.2, 0) is 0 Å². The first-order valence-electron chi connectivity index (χ1n) is 16.6. The number of thiophene rings is 1. The molecule has 7 aromatic carbocycles. The minimum atomic E-state index is 0.603. The summed E-state index contributed by atoms with van der Waals surface area (Å²) in [5.74, 6) is 1.87. The van der Waals surface area contributed by atoms with Crippen molar-refractivity contribution in [3.05, 3.63) is 164 Å². The number of furan rings is 1. The highest BCUT2D eigenvalue weighted by molar-refractivity contribution is 7.26. The van der Waals surface area contributed by atoms with Crippen LogP contribution in [-0.4, -0.2) is 15.0 Å². The molecule has 0 bridgehead atoms. The smallest absolute Gasteiger partial charge is 0.164 e. The van der Waals surface area contributed by atoms with Gasteiger partial charge in [0.2, 0.25) is 0 Å². The molecule has 0 amide bonds. The van der Waals surface area contributed by atoms with Gasteiger partial charge in [-0.15, -0.1) is 11.3 Å². The van der Waals surface area contributed by atoms with Crippen molar-refractivity contribution in [2.75, 3.05) is 0 Å². The van der Waals surface area contributed by atoms with Gasteiger partial charge in [-0.05, 0) is 52.6 Å². The normalized spacial score (nSPS) is 11.6. The fraction of sp³-hybridized carbons (Fsp3) is 0. The summed E-state index contributed by atoms with van der Waals surface area (Å²) in [4.78, 5) is 14.7. The third kappa shape index (κ3) is 4.79. The van der Waals surface area contributed by atoms with E-state index < -0.39 is 0 Å². The summed E-state index contributed by atoms with van der Waals surface area (Å²) in [7, 11) is 0. The van der Waals surface area contributed by atoms with Crippen LogP contribution in [0.3, 0.4) is 0 Å². The number of rotatable bonds is 5. The Morgan fingerprint density at radius 3 is 1.66 bits per heavy atom. The molecule has 0 aliphatic rings. The molecule has 0 radical (unpaired) electrons. The Balaban J connectivity index is 1.11. The van der Waals surface area contributed by atoms with Gasteiger partial charge in [-0.1, -0.05) is 133 Å².